The minimum Gasteiger partial charge on any atom is -0.493 e. The fourth-order valence-corrected chi connectivity index (χ4v) is 6.19. The molecular weight excluding hydrogens is 522 g/mol. The first-order valence-electron chi connectivity index (χ1n) is 13.4. The highest BCUT2D eigenvalue weighted by molar-refractivity contribution is 7.92. The van der Waals surface area contributed by atoms with E-state index in [1.54, 1.807) is 37.4 Å². The van der Waals surface area contributed by atoms with Gasteiger partial charge >= 0.3 is 0 Å². The molecule has 2 aromatic rings. The molecule has 2 aliphatic heterocycles. The summed E-state index contributed by atoms with van der Waals surface area (Å²) in [6.07, 6.45) is 4.71. The molecule has 1 amide bonds. The highest BCUT2D eigenvalue weighted by atomic mass is 32.2. The summed E-state index contributed by atoms with van der Waals surface area (Å²) in [6, 6.07) is 8.45. The molecule has 1 saturated carbocycles. The van der Waals surface area contributed by atoms with Crippen molar-refractivity contribution in [2.45, 2.75) is 38.7 Å². The second-order valence-electron chi connectivity index (χ2n) is 10.7. The van der Waals surface area contributed by atoms with Gasteiger partial charge in [0.1, 0.15) is 5.69 Å². The van der Waals surface area contributed by atoms with Crippen molar-refractivity contribution in [2.24, 2.45) is 5.41 Å². The molecule has 0 radical (unpaired) electrons. The van der Waals surface area contributed by atoms with Crippen LogP contribution in [0.2, 0.25) is 0 Å². The van der Waals surface area contributed by atoms with Crippen molar-refractivity contribution in [2.75, 3.05) is 72.1 Å². The number of hydrogen-bond acceptors (Lipinski definition) is 9. The van der Waals surface area contributed by atoms with Crippen molar-refractivity contribution >= 4 is 38.8 Å². The number of hydrogen-bond donors (Lipinski definition) is 3. The first-order chi connectivity index (χ1) is 18.7. The number of carbonyl (C=O) groups is 1. The topological polar surface area (TPSA) is 133 Å². The molecule has 3 heterocycles. The van der Waals surface area contributed by atoms with Gasteiger partial charge in [-0.25, -0.2) is 13.4 Å². The predicted octanol–water partition coefficient (Wildman–Crippen LogP) is 2.68. The maximum Gasteiger partial charge on any atom is 0.274 e. The third-order valence-corrected chi connectivity index (χ3v) is 9.10. The Hall–Kier alpha value is -3.09. The van der Waals surface area contributed by atoms with E-state index in [1.807, 2.05) is 6.92 Å². The van der Waals surface area contributed by atoms with E-state index < -0.39 is 16.6 Å². The number of piperidine rings is 1. The number of amides is 1. The third-order valence-electron chi connectivity index (χ3n) is 7.83. The fraction of sp³-hybridized carbons (Fsp3) is 0.556. The van der Waals surface area contributed by atoms with Crippen LogP contribution in [-0.4, -0.2) is 82.8 Å². The number of pyridine rings is 1. The Labute approximate surface area is 229 Å². The number of methoxy groups -OCH3 is 1. The SMILES string of the molecule is COc1ccc(C(=O)Nc2ccc(NS(=O)(=O)CCO)cc2N2CCC3(CC2)CC3)nc1N1CCO[C@H](C)C1. The summed E-state index contributed by atoms with van der Waals surface area (Å²) in [5.41, 5.74) is 2.42. The van der Waals surface area contributed by atoms with E-state index in [9.17, 15) is 13.2 Å². The second-order valence-corrected chi connectivity index (χ2v) is 12.5. The number of carbonyl (C=O) groups excluding carboxylic acids is 1. The van der Waals surface area contributed by atoms with Crippen LogP contribution in [0.15, 0.2) is 30.3 Å². The average Bonchev–Trinajstić information content (AvgIpc) is 3.68. The van der Waals surface area contributed by atoms with Crippen LogP contribution in [0.4, 0.5) is 22.9 Å². The molecule has 0 bridgehead atoms. The molecule has 12 heteroatoms. The lowest BCUT2D eigenvalue weighted by molar-refractivity contribution is 0.0527. The van der Waals surface area contributed by atoms with E-state index >= 15 is 0 Å². The number of morpholine rings is 1. The van der Waals surface area contributed by atoms with Gasteiger partial charge in [0.2, 0.25) is 10.0 Å². The normalized spacial score (nSPS) is 20.5. The summed E-state index contributed by atoms with van der Waals surface area (Å²) in [5, 5.41) is 12.1. The summed E-state index contributed by atoms with van der Waals surface area (Å²) >= 11 is 0. The fourth-order valence-electron chi connectivity index (χ4n) is 5.36. The van der Waals surface area contributed by atoms with Gasteiger partial charge in [0, 0.05) is 26.2 Å². The van der Waals surface area contributed by atoms with Crippen molar-refractivity contribution in [3.8, 4) is 5.75 Å². The molecule has 3 aliphatic rings. The van der Waals surface area contributed by atoms with E-state index in [1.165, 1.54) is 12.8 Å². The van der Waals surface area contributed by atoms with Crippen molar-refractivity contribution in [3.05, 3.63) is 36.0 Å². The maximum atomic E-state index is 13.4. The van der Waals surface area contributed by atoms with E-state index in [0.717, 1.165) is 31.6 Å². The van der Waals surface area contributed by atoms with Crippen LogP contribution in [0.5, 0.6) is 5.75 Å². The van der Waals surface area contributed by atoms with Crippen molar-refractivity contribution < 1.29 is 27.8 Å². The summed E-state index contributed by atoms with van der Waals surface area (Å²) in [7, 11) is -2.11. The Morgan fingerprint density at radius 1 is 1.15 bits per heavy atom. The molecule has 11 nitrogen and oxygen atoms in total. The standard InChI is InChI=1S/C27H37N5O6S/c1-19-18-32(13-15-38-19)25-24(37-2)6-5-22(28-25)26(34)29-21-4-3-20(30-39(35,36)16-14-33)17-23(21)31-11-9-27(7-8-27)10-12-31/h3-6,17,19,30,33H,7-16,18H2,1-2H3,(H,29,34)/t19-/m1/s1. The summed E-state index contributed by atoms with van der Waals surface area (Å²) < 4.78 is 38.3. The number of ether oxygens (including phenoxy) is 2. The van der Waals surface area contributed by atoms with Crippen LogP contribution in [0.3, 0.4) is 0 Å². The smallest absolute Gasteiger partial charge is 0.274 e. The number of aromatic nitrogens is 1. The molecule has 5 rings (SSSR count). The number of aliphatic hydroxyl groups excluding tert-OH is 1. The molecule has 1 atom stereocenters. The minimum absolute atomic E-state index is 0.0398. The molecule has 1 spiro atoms. The number of aliphatic hydroxyl groups is 1. The van der Waals surface area contributed by atoms with E-state index in [-0.39, 0.29) is 23.5 Å². The van der Waals surface area contributed by atoms with Crippen molar-refractivity contribution in [1.82, 2.24) is 4.98 Å². The molecule has 0 unspecified atom stereocenters. The van der Waals surface area contributed by atoms with Crippen LogP contribution in [0.1, 0.15) is 43.1 Å². The molecule has 39 heavy (non-hydrogen) atoms. The maximum absolute atomic E-state index is 13.4. The van der Waals surface area contributed by atoms with Crippen LogP contribution in [-0.2, 0) is 14.8 Å². The molecule has 1 aliphatic carbocycles. The quantitative estimate of drug-likeness (QED) is 0.424. The van der Waals surface area contributed by atoms with Gasteiger partial charge in [0.15, 0.2) is 11.6 Å². The van der Waals surface area contributed by atoms with Crippen LogP contribution in [0.25, 0.3) is 0 Å². The molecule has 1 aromatic carbocycles. The van der Waals surface area contributed by atoms with Gasteiger partial charge in [-0.2, -0.15) is 0 Å². The molecule has 2 saturated heterocycles. The van der Waals surface area contributed by atoms with Crippen LogP contribution < -0.4 is 24.6 Å². The van der Waals surface area contributed by atoms with Crippen LogP contribution >= 0.6 is 0 Å². The van der Waals surface area contributed by atoms with E-state index in [0.29, 0.717) is 48.1 Å². The van der Waals surface area contributed by atoms with Crippen molar-refractivity contribution in [3.63, 3.8) is 0 Å². The van der Waals surface area contributed by atoms with Gasteiger partial charge < -0.3 is 29.7 Å². The molecular formula is C27H37N5O6S. The monoisotopic (exact) mass is 559 g/mol. The Morgan fingerprint density at radius 3 is 2.59 bits per heavy atom. The lowest BCUT2D eigenvalue weighted by atomic mass is 9.93. The number of anilines is 4. The van der Waals surface area contributed by atoms with Gasteiger partial charge in [-0.1, -0.05) is 0 Å². The second kappa shape index (κ2) is 11.2. The Bertz CT molecular complexity index is 1310. The zero-order valence-electron chi connectivity index (χ0n) is 22.5. The molecule has 3 fully saturated rings. The summed E-state index contributed by atoms with van der Waals surface area (Å²) in [5.74, 6) is 0.425. The summed E-state index contributed by atoms with van der Waals surface area (Å²) in [6.45, 7) is 5.04. The average molecular weight is 560 g/mol. The number of nitrogens with one attached hydrogen (secondary N) is 2. The zero-order chi connectivity index (χ0) is 27.6. The van der Waals surface area contributed by atoms with Gasteiger partial charge in [-0.05, 0) is 68.4 Å². The first kappa shape index (κ1) is 27.5. The number of benzene rings is 1. The Morgan fingerprint density at radius 2 is 1.92 bits per heavy atom. The number of nitrogens with zero attached hydrogens (tertiary/aromatic N) is 3. The van der Waals surface area contributed by atoms with E-state index in [2.05, 4.69) is 24.8 Å². The van der Waals surface area contributed by atoms with E-state index in [4.69, 9.17) is 14.6 Å². The summed E-state index contributed by atoms with van der Waals surface area (Å²) in [4.78, 5) is 22.4. The highest BCUT2D eigenvalue weighted by Crippen LogP contribution is 2.54. The number of sulfonamides is 1. The molecule has 1 aromatic heterocycles. The Kier molecular flexibility index (Phi) is 7.88. The Balaban J connectivity index is 1.40. The molecule has 3 N–H and O–H groups in total. The molecule has 212 valence electrons. The van der Waals surface area contributed by atoms with Gasteiger partial charge in [-0.15, -0.1) is 0 Å². The highest BCUT2D eigenvalue weighted by Gasteiger charge is 2.44. The predicted molar refractivity (Wildman–Crippen MR) is 150 cm³/mol. The van der Waals surface area contributed by atoms with Crippen molar-refractivity contribution in [1.29, 1.82) is 0 Å². The van der Waals surface area contributed by atoms with Crippen LogP contribution in [0, 0.1) is 5.41 Å². The lowest BCUT2D eigenvalue weighted by Crippen LogP contribution is -2.41. The largest absolute Gasteiger partial charge is 0.493 e. The minimum atomic E-state index is -3.69. The van der Waals surface area contributed by atoms with Gasteiger partial charge in [0.25, 0.3) is 5.91 Å². The number of rotatable bonds is 9. The third kappa shape index (κ3) is 6.39. The van der Waals surface area contributed by atoms with Gasteiger partial charge in [0.05, 0.1) is 49.2 Å². The lowest BCUT2D eigenvalue weighted by Gasteiger charge is -2.35. The zero-order valence-corrected chi connectivity index (χ0v) is 23.3. The first-order valence-corrected chi connectivity index (χ1v) is 15.1. The van der Waals surface area contributed by atoms with Gasteiger partial charge in [-0.3, -0.25) is 9.52 Å².